The van der Waals surface area contributed by atoms with Crippen LogP contribution in [-0.4, -0.2) is 15.0 Å². The smallest absolute Gasteiger partial charge is 0.169 e. The van der Waals surface area contributed by atoms with E-state index in [4.69, 9.17) is 10.3 Å². The van der Waals surface area contributed by atoms with Crippen molar-refractivity contribution in [1.82, 2.24) is 15.0 Å². The summed E-state index contributed by atoms with van der Waals surface area (Å²) < 4.78 is 6.51. The lowest BCUT2D eigenvalue weighted by molar-refractivity contribution is -0.671. The van der Waals surface area contributed by atoms with Crippen LogP contribution >= 0.6 is 0 Å². The summed E-state index contributed by atoms with van der Waals surface area (Å²) in [5.41, 5.74) is 4.72. The molecule has 0 radical (unpaired) electrons. The second-order valence-corrected chi connectivity index (χ2v) is 9.84. The summed E-state index contributed by atoms with van der Waals surface area (Å²) in [6.07, 6.45) is 16.6. The first-order chi connectivity index (χ1) is 14.1. The molecule has 0 spiro atoms. The molecule has 0 aromatic carbocycles. The summed E-state index contributed by atoms with van der Waals surface area (Å²) in [5.74, 6) is 2.64. The Morgan fingerprint density at radius 3 is 1.79 bits per heavy atom. The maximum absolute atomic E-state index is 4.86. The highest BCUT2D eigenvalue weighted by Crippen LogP contribution is 2.59. The van der Waals surface area contributed by atoms with Gasteiger partial charge in [0.25, 0.3) is 0 Å². The van der Waals surface area contributed by atoms with Crippen LogP contribution in [0.4, 0.5) is 0 Å². The lowest BCUT2D eigenvalue weighted by Gasteiger charge is -2.56. The molecular weight excluding hydrogens is 358 g/mol. The van der Waals surface area contributed by atoms with Crippen LogP contribution in [0.3, 0.4) is 0 Å². The van der Waals surface area contributed by atoms with E-state index in [-0.39, 0.29) is 5.54 Å². The monoisotopic (exact) mass is 387 g/mol. The van der Waals surface area contributed by atoms with Crippen LogP contribution in [0, 0.1) is 17.8 Å². The van der Waals surface area contributed by atoms with Gasteiger partial charge in [-0.25, -0.2) is 13.8 Å². The number of hydrogen-bond acceptors (Lipinski definition) is 2. The number of hydrogen-bond donors (Lipinski definition) is 0. The van der Waals surface area contributed by atoms with E-state index in [1.807, 2.05) is 7.05 Å². The zero-order valence-corrected chi connectivity index (χ0v) is 17.3. The van der Waals surface area contributed by atoms with Crippen LogP contribution in [0.15, 0.2) is 49.1 Å². The number of aromatic nitrogens is 5. The van der Waals surface area contributed by atoms with Gasteiger partial charge in [0.2, 0.25) is 0 Å². The van der Waals surface area contributed by atoms with Gasteiger partial charge >= 0.3 is 0 Å². The van der Waals surface area contributed by atoms with E-state index in [2.05, 4.69) is 69.9 Å². The van der Waals surface area contributed by atoms with E-state index in [1.165, 1.54) is 49.8 Å². The number of aryl methyl sites for hydroxylation is 2. The third kappa shape index (κ3) is 2.74. The van der Waals surface area contributed by atoms with Gasteiger partial charge in [-0.1, -0.05) is 5.21 Å². The third-order valence-corrected chi connectivity index (χ3v) is 7.63. The summed E-state index contributed by atoms with van der Waals surface area (Å²) in [7, 11) is 4.12. The van der Waals surface area contributed by atoms with Gasteiger partial charge in [-0.15, -0.1) is 5.10 Å². The molecule has 4 bridgehead atoms. The number of rotatable bonds is 3. The van der Waals surface area contributed by atoms with Gasteiger partial charge in [-0.2, -0.15) is 0 Å². The largest absolute Gasteiger partial charge is 0.238 e. The fourth-order valence-electron chi connectivity index (χ4n) is 6.71. The molecule has 3 aromatic rings. The van der Waals surface area contributed by atoms with Crippen LogP contribution in [-0.2, 0) is 19.6 Å². The van der Waals surface area contributed by atoms with E-state index in [9.17, 15) is 0 Å². The van der Waals surface area contributed by atoms with Crippen LogP contribution in [0.25, 0.3) is 22.5 Å². The third-order valence-electron chi connectivity index (χ3n) is 7.63. The molecule has 0 atom stereocenters. The molecule has 3 heterocycles. The molecule has 0 unspecified atom stereocenters. The summed E-state index contributed by atoms with van der Waals surface area (Å²) >= 11 is 0. The number of nitrogens with zero attached hydrogens (tertiary/aromatic N) is 5. The molecule has 4 fully saturated rings. The Bertz CT molecular complexity index is 1010. The first-order valence-corrected chi connectivity index (χ1v) is 11.0. The molecule has 3 aromatic heterocycles. The van der Waals surface area contributed by atoms with Crippen molar-refractivity contribution in [3.8, 4) is 22.5 Å². The topological polar surface area (TPSA) is 38.5 Å². The van der Waals surface area contributed by atoms with Crippen LogP contribution < -0.4 is 9.13 Å². The number of pyridine rings is 2. The predicted octanol–water partition coefficient (Wildman–Crippen LogP) is 3.19. The average molecular weight is 388 g/mol. The fraction of sp³-hybridized carbons (Fsp3) is 0.500. The highest BCUT2D eigenvalue weighted by molar-refractivity contribution is 5.77. The molecule has 0 amide bonds. The maximum Gasteiger partial charge on any atom is 0.169 e. The van der Waals surface area contributed by atoms with Crippen molar-refractivity contribution in [2.75, 3.05) is 0 Å². The van der Waals surface area contributed by atoms with Crippen molar-refractivity contribution in [2.24, 2.45) is 31.8 Å². The zero-order valence-electron chi connectivity index (χ0n) is 17.3. The molecule has 5 nitrogen and oxygen atoms in total. The van der Waals surface area contributed by atoms with E-state index in [0.717, 1.165) is 29.0 Å². The zero-order chi connectivity index (χ0) is 19.6. The van der Waals surface area contributed by atoms with Gasteiger partial charge < -0.3 is 0 Å². The Kier molecular flexibility index (Phi) is 3.71. The molecule has 0 N–H and O–H groups in total. The van der Waals surface area contributed by atoms with E-state index in [1.54, 1.807) is 0 Å². The minimum atomic E-state index is 0.160. The molecule has 29 heavy (non-hydrogen) atoms. The highest BCUT2D eigenvalue weighted by Gasteiger charge is 2.53. The van der Waals surface area contributed by atoms with Crippen molar-refractivity contribution in [2.45, 2.75) is 44.1 Å². The van der Waals surface area contributed by atoms with E-state index < -0.39 is 0 Å². The Morgan fingerprint density at radius 2 is 1.28 bits per heavy atom. The van der Waals surface area contributed by atoms with Crippen molar-refractivity contribution in [1.29, 1.82) is 0 Å². The molecule has 148 valence electrons. The van der Waals surface area contributed by atoms with Crippen molar-refractivity contribution in [3.05, 3.63) is 49.1 Å². The standard InChI is InChI=1S/C24H29N5/c1-27-7-3-20(4-8-27)22-23(21-5-9-28(2)10-6-21)29(26-25-22)24-14-17-11-18(15-24)13-19(12-17)16-24/h3-10,17-19H,11-16H2,1-2H3/q+2. The summed E-state index contributed by atoms with van der Waals surface area (Å²) in [6.45, 7) is 0. The SMILES string of the molecule is C[n+]1ccc(-c2nnn(C34CC5CC(CC(C5)C3)C4)c2-c2cc[n+](C)cc2)cc1. The Morgan fingerprint density at radius 1 is 0.793 bits per heavy atom. The first kappa shape index (κ1) is 17.3. The normalized spacial score (nSPS) is 30.1. The minimum Gasteiger partial charge on any atom is -0.238 e. The quantitative estimate of drug-likeness (QED) is 0.648. The maximum atomic E-state index is 4.86. The lowest BCUT2D eigenvalue weighted by Crippen LogP contribution is -2.52. The van der Waals surface area contributed by atoms with E-state index >= 15 is 0 Å². The predicted molar refractivity (Wildman–Crippen MR) is 109 cm³/mol. The molecule has 4 aliphatic rings. The Hall–Kier alpha value is -2.56. The summed E-state index contributed by atoms with van der Waals surface area (Å²) in [4.78, 5) is 0. The van der Waals surface area contributed by atoms with Gasteiger partial charge in [0, 0.05) is 35.4 Å². The first-order valence-electron chi connectivity index (χ1n) is 11.0. The Labute approximate surface area is 172 Å². The molecule has 7 rings (SSSR count). The fourth-order valence-corrected chi connectivity index (χ4v) is 6.71. The van der Waals surface area contributed by atoms with Gasteiger partial charge in [0.05, 0.1) is 11.2 Å². The second-order valence-electron chi connectivity index (χ2n) is 9.84. The average Bonchev–Trinajstić information content (AvgIpc) is 3.14. The molecule has 4 saturated carbocycles. The second kappa shape index (κ2) is 6.22. The molecule has 0 saturated heterocycles. The van der Waals surface area contributed by atoms with Gasteiger partial charge in [-0.05, 0) is 56.3 Å². The highest BCUT2D eigenvalue weighted by atomic mass is 15.5. The molecule has 4 aliphatic carbocycles. The molecule has 5 heteroatoms. The van der Waals surface area contributed by atoms with Crippen molar-refractivity contribution < 1.29 is 9.13 Å². The molecule has 0 aliphatic heterocycles. The van der Waals surface area contributed by atoms with Gasteiger partial charge in [0.15, 0.2) is 24.8 Å². The van der Waals surface area contributed by atoms with E-state index in [0.29, 0.717) is 0 Å². The van der Waals surface area contributed by atoms with Gasteiger partial charge in [-0.3, -0.25) is 0 Å². The van der Waals surface area contributed by atoms with Crippen molar-refractivity contribution >= 4 is 0 Å². The van der Waals surface area contributed by atoms with Crippen molar-refractivity contribution in [3.63, 3.8) is 0 Å². The summed E-state index contributed by atoms with van der Waals surface area (Å²) in [6, 6.07) is 8.73. The van der Waals surface area contributed by atoms with Crippen LogP contribution in [0.2, 0.25) is 0 Å². The van der Waals surface area contributed by atoms with Crippen LogP contribution in [0.5, 0.6) is 0 Å². The lowest BCUT2D eigenvalue weighted by atomic mass is 9.53. The minimum absolute atomic E-state index is 0.160. The Balaban J connectivity index is 1.54. The van der Waals surface area contributed by atoms with Crippen LogP contribution in [0.1, 0.15) is 38.5 Å². The van der Waals surface area contributed by atoms with Gasteiger partial charge in [0.1, 0.15) is 19.8 Å². The summed E-state index contributed by atoms with van der Waals surface area (Å²) in [5, 5.41) is 9.63. The molecular formula is C24H29N5+2.